The maximum atomic E-state index is 11.9. The Morgan fingerprint density at radius 2 is 2.21 bits per heavy atom. The number of pyridine rings is 1. The lowest BCUT2D eigenvalue weighted by Crippen LogP contribution is -2.27. The monoisotopic (exact) mass is 261 g/mol. The van der Waals surface area contributed by atoms with Crippen LogP contribution in [0.15, 0.2) is 18.3 Å². The van der Waals surface area contributed by atoms with Crippen molar-refractivity contribution in [1.82, 2.24) is 9.88 Å². The van der Waals surface area contributed by atoms with E-state index in [4.69, 9.17) is 0 Å². The highest BCUT2D eigenvalue weighted by atomic mass is 16.2. The van der Waals surface area contributed by atoms with Gasteiger partial charge in [0.1, 0.15) is 5.69 Å². The number of aromatic nitrogens is 1. The van der Waals surface area contributed by atoms with E-state index in [0.29, 0.717) is 11.7 Å². The van der Waals surface area contributed by atoms with E-state index < -0.39 is 0 Å². The van der Waals surface area contributed by atoms with Crippen LogP contribution in [0, 0.1) is 5.92 Å². The van der Waals surface area contributed by atoms with Crippen molar-refractivity contribution in [2.45, 2.75) is 38.6 Å². The third-order valence-electron chi connectivity index (χ3n) is 3.69. The van der Waals surface area contributed by atoms with Gasteiger partial charge in [-0.1, -0.05) is 19.8 Å². The molecule has 4 heteroatoms. The number of rotatable bonds is 3. The minimum Gasteiger partial charge on any atom is -0.382 e. The van der Waals surface area contributed by atoms with Gasteiger partial charge in [-0.25, -0.2) is 0 Å². The number of hydrogen-bond donors (Lipinski definition) is 1. The summed E-state index contributed by atoms with van der Waals surface area (Å²) >= 11 is 0. The van der Waals surface area contributed by atoms with E-state index in [1.807, 2.05) is 12.1 Å². The molecule has 104 valence electrons. The zero-order chi connectivity index (χ0) is 13.8. The first-order valence-electron chi connectivity index (χ1n) is 7.00. The van der Waals surface area contributed by atoms with Gasteiger partial charge in [-0.05, 0) is 30.9 Å². The van der Waals surface area contributed by atoms with Crippen molar-refractivity contribution in [1.29, 1.82) is 0 Å². The van der Waals surface area contributed by atoms with Gasteiger partial charge in [-0.15, -0.1) is 0 Å². The van der Waals surface area contributed by atoms with Gasteiger partial charge in [0.15, 0.2) is 0 Å². The number of anilines is 1. The van der Waals surface area contributed by atoms with E-state index >= 15 is 0 Å². The third-order valence-corrected chi connectivity index (χ3v) is 3.69. The Hall–Kier alpha value is -1.58. The van der Waals surface area contributed by atoms with Crippen molar-refractivity contribution in [3.63, 3.8) is 0 Å². The Morgan fingerprint density at radius 3 is 2.89 bits per heavy atom. The molecule has 2 atom stereocenters. The average Bonchev–Trinajstić information content (AvgIpc) is 2.38. The van der Waals surface area contributed by atoms with Crippen LogP contribution < -0.4 is 5.32 Å². The van der Waals surface area contributed by atoms with Crippen LogP contribution >= 0.6 is 0 Å². The first-order valence-corrected chi connectivity index (χ1v) is 7.00. The molecule has 1 amide bonds. The highest BCUT2D eigenvalue weighted by Crippen LogP contribution is 2.26. The van der Waals surface area contributed by atoms with Gasteiger partial charge in [0, 0.05) is 32.0 Å². The quantitative estimate of drug-likeness (QED) is 0.910. The van der Waals surface area contributed by atoms with E-state index in [2.05, 4.69) is 17.2 Å². The molecule has 19 heavy (non-hydrogen) atoms. The van der Waals surface area contributed by atoms with Crippen molar-refractivity contribution in [3.05, 3.63) is 24.0 Å². The van der Waals surface area contributed by atoms with Crippen molar-refractivity contribution in [2.75, 3.05) is 19.4 Å². The molecule has 1 N–H and O–H groups in total. The number of hydrogen-bond acceptors (Lipinski definition) is 3. The summed E-state index contributed by atoms with van der Waals surface area (Å²) < 4.78 is 0. The van der Waals surface area contributed by atoms with Crippen LogP contribution in [-0.2, 0) is 0 Å². The van der Waals surface area contributed by atoms with Gasteiger partial charge >= 0.3 is 0 Å². The molecule has 0 aromatic carbocycles. The molecule has 4 nitrogen and oxygen atoms in total. The fourth-order valence-electron chi connectivity index (χ4n) is 2.67. The summed E-state index contributed by atoms with van der Waals surface area (Å²) in [7, 11) is 3.49. The Balaban J connectivity index is 2.04. The van der Waals surface area contributed by atoms with Crippen molar-refractivity contribution >= 4 is 11.6 Å². The van der Waals surface area contributed by atoms with E-state index in [9.17, 15) is 4.79 Å². The largest absolute Gasteiger partial charge is 0.382 e. The van der Waals surface area contributed by atoms with Crippen LogP contribution in [0.3, 0.4) is 0 Å². The van der Waals surface area contributed by atoms with Gasteiger partial charge in [-0.2, -0.15) is 0 Å². The van der Waals surface area contributed by atoms with E-state index in [1.165, 1.54) is 25.7 Å². The summed E-state index contributed by atoms with van der Waals surface area (Å²) in [6.07, 6.45) is 6.74. The summed E-state index contributed by atoms with van der Waals surface area (Å²) in [5, 5.41) is 3.53. The standard InChI is InChI=1S/C15H23N3O/c1-11-5-4-6-12(9-11)17-13-7-8-16-14(10-13)15(19)18(2)3/h7-8,10-12H,4-6,9H2,1-3H3,(H,16,17). The van der Waals surface area contributed by atoms with Crippen molar-refractivity contribution < 1.29 is 4.79 Å². The first kappa shape index (κ1) is 13.8. The van der Waals surface area contributed by atoms with Crippen LogP contribution in [0.1, 0.15) is 43.1 Å². The average molecular weight is 261 g/mol. The van der Waals surface area contributed by atoms with Crippen LogP contribution in [0.5, 0.6) is 0 Å². The number of nitrogens with one attached hydrogen (secondary N) is 1. The molecule has 0 saturated heterocycles. The normalized spacial score (nSPS) is 22.9. The van der Waals surface area contributed by atoms with Gasteiger partial charge in [0.05, 0.1) is 0 Å². The molecule has 0 spiro atoms. The SMILES string of the molecule is CC1CCCC(Nc2ccnc(C(=O)N(C)C)c2)C1. The zero-order valence-electron chi connectivity index (χ0n) is 12.0. The first-order chi connectivity index (χ1) is 9.06. The summed E-state index contributed by atoms with van der Waals surface area (Å²) in [4.78, 5) is 17.6. The van der Waals surface area contributed by atoms with Crippen LogP contribution in [-0.4, -0.2) is 35.9 Å². The molecule has 1 fully saturated rings. The molecule has 1 saturated carbocycles. The fraction of sp³-hybridized carbons (Fsp3) is 0.600. The molecule has 2 rings (SSSR count). The highest BCUT2D eigenvalue weighted by Gasteiger charge is 2.19. The minimum absolute atomic E-state index is 0.0549. The Labute approximate surface area is 115 Å². The molecule has 2 unspecified atom stereocenters. The minimum atomic E-state index is -0.0549. The van der Waals surface area contributed by atoms with E-state index in [1.54, 1.807) is 25.2 Å². The van der Waals surface area contributed by atoms with Crippen LogP contribution in [0.25, 0.3) is 0 Å². The Bertz CT molecular complexity index is 445. The molecule has 0 radical (unpaired) electrons. The second-order valence-corrected chi connectivity index (χ2v) is 5.74. The fourth-order valence-corrected chi connectivity index (χ4v) is 2.67. The predicted molar refractivity (Wildman–Crippen MR) is 77.3 cm³/mol. The van der Waals surface area contributed by atoms with Gasteiger partial charge in [-0.3, -0.25) is 9.78 Å². The third kappa shape index (κ3) is 3.69. The maximum absolute atomic E-state index is 11.9. The Kier molecular flexibility index (Phi) is 4.40. The molecule has 1 aliphatic carbocycles. The lowest BCUT2D eigenvalue weighted by molar-refractivity contribution is 0.0822. The maximum Gasteiger partial charge on any atom is 0.272 e. The zero-order valence-corrected chi connectivity index (χ0v) is 12.0. The molecule has 1 aromatic heterocycles. The van der Waals surface area contributed by atoms with Gasteiger partial charge in [0.25, 0.3) is 5.91 Å². The van der Waals surface area contributed by atoms with Gasteiger partial charge in [0.2, 0.25) is 0 Å². The number of carbonyl (C=O) groups is 1. The number of amides is 1. The van der Waals surface area contributed by atoms with E-state index in [-0.39, 0.29) is 5.91 Å². The molecule has 0 bridgehead atoms. The molecular weight excluding hydrogens is 238 g/mol. The second-order valence-electron chi connectivity index (χ2n) is 5.74. The van der Waals surface area contributed by atoms with E-state index in [0.717, 1.165) is 11.6 Å². The molecular formula is C15H23N3O. The van der Waals surface area contributed by atoms with Crippen molar-refractivity contribution in [3.8, 4) is 0 Å². The number of nitrogens with zero attached hydrogens (tertiary/aromatic N) is 2. The molecule has 1 heterocycles. The van der Waals surface area contributed by atoms with Gasteiger partial charge < -0.3 is 10.2 Å². The summed E-state index contributed by atoms with van der Waals surface area (Å²) in [5.41, 5.74) is 1.50. The summed E-state index contributed by atoms with van der Waals surface area (Å²) in [6, 6.07) is 4.31. The number of carbonyl (C=O) groups excluding carboxylic acids is 1. The van der Waals surface area contributed by atoms with Crippen molar-refractivity contribution in [2.24, 2.45) is 5.92 Å². The molecule has 0 aliphatic heterocycles. The van der Waals surface area contributed by atoms with Crippen LogP contribution in [0.2, 0.25) is 0 Å². The highest BCUT2D eigenvalue weighted by molar-refractivity contribution is 5.92. The smallest absolute Gasteiger partial charge is 0.272 e. The summed E-state index contributed by atoms with van der Waals surface area (Å²) in [5.74, 6) is 0.733. The Morgan fingerprint density at radius 1 is 1.42 bits per heavy atom. The lowest BCUT2D eigenvalue weighted by atomic mass is 9.87. The molecule has 1 aliphatic rings. The predicted octanol–water partition coefficient (Wildman–Crippen LogP) is 2.77. The lowest BCUT2D eigenvalue weighted by Gasteiger charge is -2.28. The molecule has 1 aromatic rings. The summed E-state index contributed by atoms with van der Waals surface area (Å²) in [6.45, 7) is 2.31. The second kappa shape index (κ2) is 6.04. The topological polar surface area (TPSA) is 45.2 Å². The van der Waals surface area contributed by atoms with Crippen LogP contribution in [0.4, 0.5) is 5.69 Å².